The number of nitrogens with zero attached hydrogens (tertiary/aromatic N) is 1. The Balaban J connectivity index is 2.95. The number of aliphatic hydroxyl groups excluding tert-OH is 1. The summed E-state index contributed by atoms with van der Waals surface area (Å²) in [5.74, 6) is -2.23. The van der Waals surface area contributed by atoms with Gasteiger partial charge in [0.2, 0.25) is 0 Å². The molecule has 2 N–H and O–H groups in total. The summed E-state index contributed by atoms with van der Waals surface area (Å²) in [6.07, 6.45) is -1.68. The number of hydrogen-bond donors (Lipinski definition) is 2. The van der Waals surface area contributed by atoms with E-state index in [2.05, 4.69) is 0 Å². The molecule has 1 rings (SSSR count). The van der Waals surface area contributed by atoms with Gasteiger partial charge in [0.1, 0.15) is 5.60 Å². The highest BCUT2D eigenvalue weighted by Gasteiger charge is 2.30. The van der Waals surface area contributed by atoms with Crippen LogP contribution in [0.4, 0.5) is 4.79 Å². The van der Waals surface area contributed by atoms with Crippen molar-refractivity contribution in [2.24, 2.45) is 5.92 Å². The van der Waals surface area contributed by atoms with Crippen molar-refractivity contribution in [2.45, 2.75) is 45.9 Å². The molecule has 6 nitrogen and oxygen atoms in total. The first kappa shape index (κ1) is 19.0. The summed E-state index contributed by atoms with van der Waals surface area (Å²) in [6, 6.07) is 9.22. The second kappa shape index (κ2) is 7.97. The number of rotatable bonds is 6. The Morgan fingerprint density at radius 1 is 1.22 bits per heavy atom. The highest BCUT2D eigenvalue weighted by Crippen LogP contribution is 2.16. The van der Waals surface area contributed by atoms with Gasteiger partial charge in [-0.1, -0.05) is 30.3 Å². The molecule has 0 aliphatic heterocycles. The highest BCUT2D eigenvalue weighted by atomic mass is 16.6. The van der Waals surface area contributed by atoms with Gasteiger partial charge in [-0.15, -0.1) is 0 Å². The molecule has 0 aliphatic carbocycles. The summed E-state index contributed by atoms with van der Waals surface area (Å²) in [5, 5.41) is 18.9. The zero-order chi connectivity index (χ0) is 17.6. The third kappa shape index (κ3) is 6.69. The predicted octanol–water partition coefficient (Wildman–Crippen LogP) is 2.51. The second-order valence-electron chi connectivity index (χ2n) is 6.53. The standard InChI is InChI=1S/C17H25NO5/c1-12(19)14(15(20)21)11-18(16(22)23-17(2,3)4)10-13-8-6-5-7-9-13/h5-9,12,14,19H,10-11H2,1-4H3,(H,20,21). The number of carboxylic acid groups (broad SMARTS) is 1. The van der Waals surface area contributed by atoms with Crippen LogP contribution >= 0.6 is 0 Å². The lowest BCUT2D eigenvalue weighted by Gasteiger charge is -2.30. The molecule has 1 aromatic rings. The van der Waals surface area contributed by atoms with Crippen LogP contribution in [-0.2, 0) is 16.1 Å². The maximum Gasteiger partial charge on any atom is 0.410 e. The van der Waals surface area contributed by atoms with Gasteiger partial charge in [-0.25, -0.2) is 4.79 Å². The molecule has 1 aromatic carbocycles. The molecule has 23 heavy (non-hydrogen) atoms. The molecule has 0 radical (unpaired) electrons. The molecule has 0 heterocycles. The number of carbonyl (C=O) groups excluding carboxylic acids is 1. The van der Waals surface area contributed by atoms with Crippen LogP contribution in [0, 0.1) is 5.92 Å². The minimum atomic E-state index is -1.15. The number of carboxylic acids is 1. The van der Waals surface area contributed by atoms with Gasteiger partial charge in [0, 0.05) is 13.1 Å². The van der Waals surface area contributed by atoms with Gasteiger partial charge in [-0.3, -0.25) is 4.79 Å². The van der Waals surface area contributed by atoms with E-state index in [1.165, 1.54) is 11.8 Å². The van der Waals surface area contributed by atoms with Crippen LogP contribution in [0.15, 0.2) is 30.3 Å². The number of aliphatic hydroxyl groups is 1. The number of amides is 1. The summed E-state index contributed by atoms with van der Waals surface area (Å²) >= 11 is 0. The van der Waals surface area contributed by atoms with Crippen molar-refractivity contribution in [1.29, 1.82) is 0 Å². The number of benzene rings is 1. The highest BCUT2D eigenvalue weighted by molar-refractivity contribution is 5.73. The third-order valence-corrected chi connectivity index (χ3v) is 3.18. The molecule has 6 heteroatoms. The van der Waals surface area contributed by atoms with Crippen molar-refractivity contribution in [1.82, 2.24) is 4.90 Å². The molecule has 0 bridgehead atoms. The van der Waals surface area contributed by atoms with E-state index in [-0.39, 0.29) is 13.1 Å². The van der Waals surface area contributed by atoms with Gasteiger partial charge in [0.25, 0.3) is 0 Å². The van der Waals surface area contributed by atoms with E-state index in [4.69, 9.17) is 4.74 Å². The van der Waals surface area contributed by atoms with Crippen LogP contribution in [0.2, 0.25) is 0 Å². The van der Waals surface area contributed by atoms with E-state index >= 15 is 0 Å². The maximum atomic E-state index is 12.4. The Morgan fingerprint density at radius 3 is 2.22 bits per heavy atom. The molecule has 128 valence electrons. The van der Waals surface area contributed by atoms with Gasteiger partial charge in [-0.2, -0.15) is 0 Å². The quantitative estimate of drug-likeness (QED) is 0.840. The average Bonchev–Trinajstić information content (AvgIpc) is 2.41. The molecule has 2 atom stereocenters. The number of carbonyl (C=O) groups is 2. The smallest absolute Gasteiger partial charge is 0.410 e. The lowest BCUT2D eigenvalue weighted by molar-refractivity contribution is -0.146. The van der Waals surface area contributed by atoms with Gasteiger partial charge < -0.3 is 19.8 Å². The van der Waals surface area contributed by atoms with Crippen LogP contribution in [-0.4, -0.2) is 45.4 Å². The van der Waals surface area contributed by atoms with E-state index in [9.17, 15) is 19.8 Å². The third-order valence-electron chi connectivity index (χ3n) is 3.18. The summed E-state index contributed by atoms with van der Waals surface area (Å²) in [5.41, 5.74) is 0.170. The van der Waals surface area contributed by atoms with Crippen LogP contribution < -0.4 is 0 Å². The summed E-state index contributed by atoms with van der Waals surface area (Å²) in [4.78, 5) is 25.0. The lowest BCUT2D eigenvalue weighted by Crippen LogP contribution is -2.43. The fourth-order valence-electron chi connectivity index (χ4n) is 2.01. The SMILES string of the molecule is CC(O)C(CN(Cc1ccccc1)C(=O)OC(C)(C)C)C(=O)O. The van der Waals surface area contributed by atoms with Crippen molar-refractivity contribution in [2.75, 3.05) is 6.54 Å². The van der Waals surface area contributed by atoms with E-state index in [1.807, 2.05) is 30.3 Å². The van der Waals surface area contributed by atoms with Crippen LogP contribution in [0.1, 0.15) is 33.3 Å². The zero-order valence-electron chi connectivity index (χ0n) is 14.0. The minimum absolute atomic E-state index is 0.128. The van der Waals surface area contributed by atoms with E-state index < -0.39 is 29.7 Å². The van der Waals surface area contributed by atoms with E-state index in [0.29, 0.717) is 0 Å². The summed E-state index contributed by atoms with van der Waals surface area (Å²) < 4.78 is 5.34. The fourth-order valence-corrected chi connectivity index (χ4v) is 2.01. The molecule has 0 aromatic heterocycles. The minimum Gasteiger partial charge on any atom is -0.481 e. The Kier molecular flexibility index (Phi) is 6.57. The molecular formula is C17H25NO5. The Morgan fingerprint density at radius 2 is 1.78 bits per heavy atom. The van der Waals surface area contributed by atoms with Crippen LogP contribution in [0.25, 0.3) is 0 Å². The largest absolute Gasteiger partial charge is 0.481 e. The second-order valence-corrected chi connectivity index (χ2v) is 6.53. The van der Waals surface area contributed by atoms with Crippen molar-refractivity contribution in [3.8, 4) is 0 Å². The predicted molar refractivity (Wildman–Crippen MR) is 85.9 cm³/mol. The van der Waals surface area contributed by atoms with Crippen molar-refractivity contribution >= 4 is 12.1 Å². The van der Waals surface area contributed by atoms with E-state index in [1.54, 1.807) is 20.8 Å². The monoisotopic (exact) mass is 323 g/mol. The molecule has 0 saturated heterocycles. The molecule has 0 fully saturated rings. The van der Waals surface area contributed by atoms with Gasteiger partial charge in [0.05, 0.1) is 12.0 Å². The lowest BCUT2D eigenvalue weighted by atomic mass is 10.0. The fraction of sp³-hybridized carbons (Fsp3) is 0.529. The van der Waals surface area contributed by atoms with Gasteiger partial charge >= 0.3 is 12.1 Å². The van der Waals surface area contributed by atoms with E-state index in [0.717, 1.165) is 5.56 Å². The first-order valence-electron chi connectivity index (χ1n) is 7.53. The molecule has 1 amide bonds. The van der Waals surface area contributed by atoms with Crippen molar-refractivity contribution < 1.29 is 24.5 Å². The summed E-state index contributed by atoms with van der Waals surface area (Å²) in [7, 11) is 0. The Bertz CT molecular complexity index is 522. The Labute approximate surface area is 136 Å². The van der Waals surface area contributed by atoms with Gasteiger partial charge in [0.15, 0.2) is 0 Å². The zero-order valence-corrected chi connectivity index (χ0v) is 14.0. The number of ether oxygens (including phenoxy) is 1. The maximum absolute atomic E-state index is 12.4. The first-order valence-corrected chi connectivity index (χ1v) is 7.53. The molecular weight excluding hydrogens is 298 g/mol. The average molecular weight is 323 g/mol. The molecule has 0 spiro atoms. The number of hydrogen-bond acceptors (Lipinski definition) is 4. The molecule has 0 saturated carbocycles. The van der Waals surface area contributed by atoms with Crippen molar-refractivity contribution in [3.63, 3.8) is 0 Å². The molecule has 2 unspecified atom stereocenters. The normalized spacial score (nSPS) is 14.0. The van der Waals surface area contributed by atoms with Crippen molar-refractivity contribution in [3.05, 3.63) is 35.9 Å². The first-order chi connectivity index (χ1) is 10.6. The van der Waals surface area contributed by atoms with Crippen LogP contribution in [0.5, 0.6) is 0 Å². The van der Waals surface area contributed by atoms with Crippen LogP contribution in [0.3, 0.4) is 0 Å². The van der Waals surface area contributed by atoms with Gasteiger partial charge in [-0.05, 0) is 33.3 Å². The Hall–Kier alpha value is -2.08. The molecule has 0 aliphatic rings. The summed E-state index contributed by atoms with van der Waals surface area (Å²) in [6.45, 7) is 6.72. The number of aliphatic carboxylic acids is 1. The topological polar surface area (TPSA) is 87.1 Å².